The van der Waals surface area contributed by atoms with Crippen LogP contribution in [-0.2, 0) is 4.74 Å². The first-order valence-electron chi connectivity index (χ1n) is 8.44. The Morgan fingerprint density at radius 3 is 2.42 bits per heavy atom. The van der Waals surface area contributed by atoms with Crippen molar-refractivity contribution in [2.75, 3.05) is 23.8 Å². The first-order valence-corrected chi connectivity index (χ1v) is 8.44. The van der Waals surface area contributed by atoms with Gasteiger partial charge in [-0.3, -0.25) is 5.32 Å². The zero-order chi connectivity index (χ0) is 17.2. The minimum absolute atomic E-state index is 0.225. The minimum atomic E-state index is -0.493. The smallest absolute Gasteiger partial charge is 0.411 e. The molecule has 0 aromatic heterocycles. The third-order valence-electron chi connectivity index (χ3n) is 3.78. The summed E-state index contributed by atoms with van der Waals surface area (Å²) in [5.74, 6) is 0. The van der Waals surface area contributed by atoms with Crippen molar-refractivity contribution < 1.29 is 14.3 Å². The summed E-state index contributed by atoms with van der Waals surface area (Å²) in [5, 5.41) is 8.23. The lowest BCUT2D eigenvalue weighted by Gasteiger charge is -2.13. The highest BCUT2D eigenvalue weighted by molar-refractivity contribution is 5.90. The van der Waals surface area contributed by atoms with Gasteiger partial charge < -0.3 is 15.4 Å². The molecule has 6 nitrogen and oxygen atoms in total. The normalized spacial score (nSPS) is 13.6. The van der Waals surface area contributed by atoms with Gasteiger partial charge in [0.05, 0.1) is 6.61 Å². The highest BCUT2D eigenvalue weighted by Crippen LogP contribution is 2.19. The van der Waals surface area contributed by atoms with Gasteiger partial charge in [-0.05, 0) is 63.3 Å². The standard InChI is InChI=1S/C18H25N3O3/c1-2-24-18(23)21-16-10-8-15(9-11-16)20-17(22)19-13-12-14-6-4-3-5-7-14/h6,8-11H,2-5,7,12-13H2,1H3,(H,21,23)(H2,19,20,22). The molecule has 1 aromatic rings. The Hall–Kier alpha value is -2.50. The molecule has 0 unspecified atom stereocenters. The number of urea groups is 1. The van der Waals surface area contributed by atoms with Crippen molar-refractivity contribution >= 4 is 23.5 Å². The van der Waals surface area contributed by atoms with Gasteiger partial charge in [-0.15, -0.1) is 0 Å². The summed E-state index contributed by atoms with van der Waals surface area (Å²) < 4.78 is 4.80. The third kappa shape index (κ3) is 6.32. The van der Waals surface area contributed by atoms with Gasteiger partial charge in [0, 0.05) is 17.9 Å². The van der Waals surface area contributed by atoms with E-state index in [-0.39, 0.29) is 6.03 Å². The van der Waals surface area contributed by atoms with Crippen LogP contribution in [0.3, 0.4) is 0 Å². The number of carbonyl (C=O) groups excluding carboxylic acids is 2. The molecule has 24 heavy (non-hydrogen) atoms. The molecule has 0 bridgehead atoms. The number of nitrogens with one attached hydrogen (secondary N) is 3. The lowest BCUT2D eigenvalue weighted by Crippen LogP contribution is -2.29. The monoisotopic (exact) mass is 331 g/mol. The summed E-state index contributed by atoms with van der Waals surface area (Å²) in [6.45, 7) is 2.71. The molecule has 6 heteroatoms. The van der Waals surface area contributed by atoms with Crippen molar-refractivity contribution in [3.8, 4) is 0 Å². The maximum absolute atomic E-state index is 11.9. The highest BCUT2D eigenvalue weighted by Gasteiger charge is 2.06. The summed E-state index contributed by atoms with van der Waals surface area (Å²) >= 11 is 0. The molecule has 1 aliphatic carbocycles. The summed E-state index contributed by atoms with van der Waals surface area (Å²) in [6.07, 6.45) is 7.55. The van der Waals surface area contributed by atoms with E-state index in [2.05, 4.69) is 22.0 Å². The number of carbonyl (C=O) groups is 2. The van der Waals surface area contributed by atoms with Crippen molar-refractivity contribution in [1.82, 2.24) is 5.32 Å². The number of anilines is 2. The van der Waals surface area contributed by atoms with Crippen molar-refractivity contribution in [3.63, 3.8) is 0 Å². The number of benzene rings is 1. The molecule has 1 aromatic carbocycles. The molecule has 0 atom stereocenters. The van der Waals surface area contributed by atoms with Crippen LogP contribution in [0.25, 0.3) is 0 Å². The Kier molecular flexibility index (Phi) is 7.14. The average Bonchev–Trinajstić information content (AvgIpc) is 2.58. The van der Waals surface area contributed by atoms with Gasteiger partial charge in [0.1, 0.15) is 0 Å². The Morgan fingerprint density at radius 1 is 1.08 bits per heavy atom. The predicted octanol–water partition coefficient (Wildman–Crippen LogP) is 4.27. The van der Waals surface area contributed by atoms with Gasteiger partial charge in [-0.1, -0.05) is 11.6 Å². The van der Waals surface area contributed by atoms with E-state index in [1.165, 1.54) is 18.4 Å². The molecule has 3 N–H and O–H groups in total. The van der Waals surface area contributed by atoms with E-state index < -0.39 is 6.09 Å². The number of hydrogen-bond acceptors (Lipinski definition) is 3. The second-order valence-corrected chi connectivity index (χ2v) is 5.66. The lowest BCUT2D eigenvalue weighted by molar-refractivity contribution is 0.168. The van der Waals surface area contributed by atoms with Gasteiger partial charge in [0.15, 0.2) is 0 Å². The molecule has 130 valence electrons. The molecule has 0 saturated carbocycles. The first kappa shape index (κ1) is 17.8. The molecule has 0 heterocycles. The topological polar surface area (TPSA) is 79.5 Å². The van der Waals surface area contributed by atoms with Gasteiger partial charge in [0.2, 0.25) is 0 Å². The zero-order valence-corrected chi connectivity index (χ0v) is 14.1. The van der Waals surface area contributed by atoms with Crippen LogP contribution in [0.15, 0.2) is 35.9 Å². The number of ether oxygens (including phenoxy) is 1. The molecule has 2 rings (SSSR count). The van der Waals surface area contributed by atoms with Crippen LogP contribution < -0.4 is 16.0 Å². The number of rotatable bonds is 6. The van der Waals surface area contributed by atoms with E-state index in [9.17, 15) is 9.59 Å². The van der Waals surface area contributed by atoms with Crippen molar-refractivity contribution in [1.29, 1.82) is 0 Å². The SMILES string of the molecule is CCOC(=O)Nc1ccc(NC(=O)NCCC2=CCCCC2)cc1. The quantitative estimate of drug-likeness (QED) is 0.681. The molecule has 0 aliphatic heterocycles. The molecule has 0 saturated heterocycles. The first-order chi connectivity index (χ1) is 11.7. The maximum Gasteiger partial charge on any atom is 0.411 e. The van der Waals surface area contributed by atoms with Crippen molar-refractivity contribution in [3.05, 3.63) is 35.9 Å². The molecule has 0 fully saturated rings. The molecular formula is C18H25N3O3. The van der Waals surface area contributed by atoms with Gasteiger partial charge in [-0.2, -0.15) is 0 Å². The van der Waals surface area contributed by atoms with E-state index in [4.69, 9.17) is 4.74 Å². The van der Waals surface area contributed by atoms with E-state index >= 15 is 0 Å². The Balaban J connectivity index is 1.71. The summed E-state index contributed by atoms with van der Waals surface area (Å²) in [6, 6.07) is 6.64. The number of allylic oxidation sites excluding steroid dienone is 1. The van der Waals surface area contributed by atoms with E-state index in [0.717, 1.165) is 19.3 Å². The fraction of sp³-hybridized carbons (Fsp3) is 0.444. The van der Waals surface area contributed by atoms with E-state index in [1.54, 1.807) is 31.2 Å². The molecule has 3 amide bonds. The molecular weight excluding hydrogens is 306 g/mol. The van der Waals surface area contributed by atoms with Gasteiger partial charge in [-0.25, -0.2) is 9.59 Å². The largest absolute Gasteiger partial charge is 0.450 e. The fourth-order valence-electron chi connectivity index (χ4n) is 2.57. The van der Waals surface area contributed by atoms with Crippen LogP contribution in [-0.4, -0.2) is 25.3 Å². The number of amides is 3. The molecule has 0 radical (unpaired) electrons. The molecule has 0 spiro atoms. The number of hydrogen-bond donors (Lipinski definition) is 3. The van der Waals surface area contributed by atoms with Crippen LogP contribution in [0.4, 0.5) is 21.0 Å². The van der Waals surface area contributed by atoms with Crippen molar-refractivity contribution in [2.45, 2.75) is 39.0 Å². The summed E-state index contributed by atoms with van der Waals surface area (Å²) in [4.78, 5) is 23.2. The highest BCUT2D eigenvalue weighted by atomic mass is 16.5. The van der Waals surface area contributed by atoms with Crippen molar-refractivity contribution in [2.24, 2.45) is 0 Å². The van der Waals surface area contributed by atoms with Crippen LogP contribution in [0, 0.1) is 0 Å². The lowest BCUT2D eigenvalue weighted by atomic mass is 9.97. The van der Waals surface area contributed by atoms with E-state index in [1.807, 2.05) is 0 Å². The molecule has 1 aliphatic rings. The van der Waals surface area contributed by atoms with Crippen LogP contribution in [0.2, 0.25) is 0 Å². The second-order valence-electron chi connectivity index (χ2n) is 5.66. The Labute approximate surface area is 142 Å². The average molecular weight is 331 g/mol. The van der Waals surface area contributed by atoms with Crippen LogP contribution >= 0.6 is 0 Å². The van der Waals surface area contributed by atoms with Gasteiger partial charge >= 0.3 is 12.1 Å². The predicted molar refractivity (Wildman–Crippen MR) is 95.3 cm³/mol. The zero-order valence-electron chi connectivity index (χ0n) is 14.1. The fourth-order valence-corrected chi connectivity index (χ4v) is 2.57. The maximum atomic E-state index is 11.9. The van der Waals surface area contributed by atoms with E-state index in [0.29, 0.717) is 24.5 Å². The summed E-state index contributed by atoms with van der Waals surface area (Å²) in [7, 11) is 0. The second kappa shape index (κ2) is 9.60. The van der Waals surface area contributed by atoms with Crippen LogP contribution in [0.5, 0.6) is 0 Å². The Morgan fingerprint density at radius 2 is 1.79 bits per heavy atom. The van der Waals surface area contributed by atoms with Gasteiger partial charge in [0.25, 0.3) is 0 Å². The Bertz CT molecular complexity index is 582. The summed E-state index contributed by atoms with van der Waals surface area (Å²) in [5.41, 5.74) is 2.72. The van der Waals surface area contributed by atoms with Crippen LogP contribution in [0.1, 0.15) is 39.0 Å². The third-order valence-corrected chi connectivity index (χ3v) is 3.78. The minimum Gasteiger partial charge on any atom is -0.450 e.